The Kier molecular flexibility index (Phi) is 6.52. The van der Waals surface area contributed by atoms with Crippen molar-refractivity contribution < 1.29 is 17.6 Å². The second kappa shape index (κ2) is 9.09. The molecule has 0 bridgehead atoms. The van der Waals surface area contributed by atoms with Gasteiger partial charge in [0.15, 0.2) is 0 Å². The van der Waals surface area contributed by atoms with Crippen molar-refractivity contribution in [1.29, 1.82) is 0 Å². The number of sulfonamides is 1. The Balaban J connectivity index is 1.72. The summed E-state index contributed by atoms with van der Waals surface area (Å²) in [7, 11) is -2.35. The van der Waals surface area contributed by atoms with Crippen LogP contribution in [0.25, 0.3) is 0 Å². The standard InChI is InChI=1S/C23H23FN2O3S/c1-17-10-12-20(13-11-17)26(2)30(28,29)21-8-5-7-19(16-21)23(27)25-15-14-18-6-3-4-9-22(18)24/h3-13,16H,14-15H2,1-2H3,(H,25,27). The van der Waals surface area contributed by atoms with Crippen LogP contribution in [0.3, 0.4) is 0 Å². The SMILES string of the molecule is Cc1ccc(N(C)S(=O)(=O)c2cccc(C(=O)NCCc3ccccc3F)c2)cc1. The molecule has 0 heterocycles. The molecule has 3 aromatic carbocycles. The summed E-state index contributed by atoms with van der Waals surface area (Å²) in [6.07, 6.45) is 0.340. The summed E-state index contributed by atoms with van der Waals surface area (Å²) >= 11 is 0. The summed E-state index contributed by atoms with van der Waals surface area (Å²) in [5.74, 6) is -0.736. The second-order valence-electron chi connectivity index (χ2n) is 6.93. The van der Waals surface area contributed by atoms with Crippen LogP contribution >= 0.6 is 0 Å². The molecule has 0 aliphatic heterocycles. The monoisotopic (exact) mass is 426 g/mol. The lowest BCUT2D eigenvalue weighted by atomic mass is 10.1. The number of hydrogen-bond donors (Lipinski definition) is 1. The molecule has 0 saturated heterocycles. The van der Waals surface area contributed by atoms with Gasteiger partial charge in [-0.3, -0.25) is 9.10 Å². The normalized spacial score (nSPS) is 11.2. The maximum Gasteiger partial charge on any atom is 0.264 e. The number of amides is 1. The molecule has 0 radical (unpaired) electrons. The van der Waals surface area contributed by atoms with E-state index in [9.17, 15) is 17.6 Å². The Morgan fingerprint density at radius 2 is 1.70 bits per heavy atom. The van der Waals surface area contributed by atoms with Crippen LogP contribution in [0.2, 0.25) is 0 Å². The van der Waals surface area contributed by atoms with E-state index in [4.69, 9.17) is 0 Å². The molecule has 156 valence electrons. The topological polar surface area (TPSA) is 66.5 Å². The van der Waals surface area contributed by atoms with Gasteiger partial charge >= 0.3 is 0 Å². The number of benzene rings is 3. The first-order valence-corrected chi connectivity index (χ1v) is 10.9. The van der Waals surface area contributed by atoms with E-state index in [0.29, 0.717) is 17.7 Å². The zero-order chi connectivity index (χ0) is 21.7. The summed E-state index contributed by atoms with van der Waals surface area (Å²) in [5, 5.41) is 2.71. The lowest BCUT2D eigenvalue weighted by Gasteiger charge is -2.20. The van der Waals surface area contributed by atoms with Crippen LogP contribution in [-0.4, -0.2) is 27.9 Å². The summed E-state index contributed by atoms with van der Waals surface area (Å²) in [5.41, 5.74) is 2.29. The van der Waals surface area contributed by atoms with Gasteiger partial charge in [-0.25, -0.2) is 12.8 Å². The van der Waals surface area contributed by atoms with Gasteiger partial charge in [-0.05, 0) is 55.3 Å². The minimum absolute atomic E-state index is 0.0207. The largest absolute Gasteiger partial charge is 0.352 e. The third-order valence-electron chi connectivity index (χ3n) is 4.79. The molecule has 0 atom stereocenters. The smallest absolute Gasteiger partial charge is 0.264 e. The van der Waals surface area contributed by atoms with Crippen molar-refractivity contribution >= 4 is 21.6 Å². The summed E-state index contributed by atoms with van der Waals surface area (Å²) in [6.45, 7) is 2.16. The van der Waals surface area contributed by atoms with Gasteiger partial charge < -0.3 is 5.32 Å². The molecule has 0 aliphatic rings. The first-order chi connectivity index (χ1) is 14.3. The van der Waals surface area contributed by atoms with Crippen molar-refractivity contribution in [3.05, 3.63) is 95.3 Å². The Morgan fingerprint density at radius 1 is 1.00 bits per heavy atom. The van der Waals surface area contributed by atoms with Gasteiger partial charge in [0.1, 0.15) is 5.82 Å². The Bertz CT molecular complexity index is 1150. The van der Waals surface area contributed by atoms with Crippen molar-refractivity contribution in [2.45, 2.75) is 18.2 Å². The minimum Gasteiger partial charge on any atom is -0.352 e. The van der Waals surface area contributed by atoms with Crippen LogP contribution in [0.5, 0.6) is 0 Å². The van der Waals surface area contributed by atoms with Gasteiger partial charge in [-0.1, -0.05) is 42.0 Å². The molecule has 0 unspecified atom stereocenters. The van der Waals surface area contributed by atoms with Crippen LogP contribution in [0.15, 0.2) is 77.7 Å². The fourth-order valence-electron chi connectivity index (χ4n) is 2.96. The van der Waals surface area contributed by atoms with Crippen molar-refractivity contribution in [1.82, 2.24) is 5.32 Å². The number of nitrogens with one attached hydrogen (secondary N) is 1. The molecule has 0 spiro atoms. The first kappa shape index (κ1) is 21.5. The molecule has 30 heavy (non-hydrogen) atoms. The molecule has 5 nitrogen and oxygen atoms in total. The highest BCUT2D eigenvalue weighted by Crippen LogP contribution is 2.23. The predicted molar refractivity (Wildman–Crippen MR) is 116 cm³/mol. The van der Waals surface area contributed by atoms with Crippen LogP contribution in [-0.2, 0) is 16.4 Å². The van der Waals surface area contributed by atoms with Gasteiger partial charge in [-0.2, -0.15) is 0 Å². The number of carbonyl (C=O) groups is 1. The maximum atomic E-state index is 13.7. The number of carbonyl (C=O) groups excluding carboxylic acids is 1. The minimum atomic E-state index is -3.83. The van der Waals surface area contributed by atoms with E-state index in [2.05, 4.69) is 5.32 Å². The van der Waals surface area contributed by atoms with E-state index in [1.807, 2.05) is 19.1 Å². The number of hydrogen-bond acceptors (Lipinski definition) is 3. The van der Waals surface area contributed by atoms with E-state index < -0.39 is 15.9 Å². The van der Waals surface area contributed by atoms with Crippen molar-refractivity contribution in [3.63, 3.8) is 0 Å². The molecule has 0 aliphatic carbocycles. The highest BCUT2D eigenvalue weighted by molar-refractivity contribution is 7.92. The van der Waals surface area contributed by atoms with Crippen LogP contribution in [0.4, 0.5) is 10.1 Å². The Labute approximate surface area is 176 Å². The van der Waals surface area contributed by atoms with Crippen molar-refractivity contribution in [3.8, 4) is 0 Å². The van der Waals surface area contributed by atoms with E-state index in [1.165, 1.54) is 35.6 Å². The molecule has 1 N–H and O–H groups in total. The van der Waals surface area contributed by atoms with Crippen LogP contribution < -0.4 is 9.62 Å². The highest BCUT2D eigenvalue weighted by atomic mass is 32.2. The number of aryl methyl sites for hydroxylation is 1. The van der Waals surface area contributed by atoms with Gasteiger partial charge in [0, 0.05) is 19.2 Å². The summed E-state index contributed by atoms with van der Waals surface area (Å²) < 4.78 is 40.8. The van der Waals surface area contributed by atoms with Crippen molar-refractivity contribution in [2.24, 2.45) is 0 Å². The maximum absolute atomic E-state index is 13.7. The van der Waals surface area contributed by atoms with Gasteiger partial charge in [0.05, 0.1) is 10.6 Å². The average molecular weight is 427 g/mol. The zero-order valence-electron chi connectivity index (χ0n) is 16.8. The molecule has 0 fully saturated rings. The second-order valence-corrected chi connectivity index (χ2v) is 8.90. The van der Waals surface area contributed by atoms with E-state index in [1.54, 1.807) is 36.4 Å². The predicted octanol–water partition coefficient (Wildman–Crippen LogP) is 3.93. The molecule has 3 aromatic rings. The molecule has 1 amide bonds. The van der Waals surface area contributed by atoms with Gasteiger partial charge in [-0.15, -0.1) is 0 Å². The van der Waals surface area contributed by atoms with E-state index in [-0.39, 0.29) is 22.8 Å². The van der Waals surface area contributed by atoms with E-state index >= 15 is 0 Å². The highest BCUT2D eigenvalue weighted by Gasteiger charge is 2.22. The Morgan fingerprint density at radius 3 is 2.40 bits per heavy atom. The summed E-state index contributed by atoms with van der Waals surface area (Å²) in [4.78, 5) is 12.5. The Hall–Kier alpha value is -3.19. The molecule has 0 saturated carbocycles. The third kappa shape index (κ3) is 4.86. The van der Waals surface area contributed by atoms with Crippen LogP contribution in [0, 0.1) is 12.7 Å². The molecule has 7 heteroatoms. The molecular weight excluding hydrogens is 403 g/mol. The van der Waals surface area contributed by atoms with Crippen LogP contribution in [0.1, 0.15) is 21.5 Å². The fraction of sp³-hybridized carbons (Fsp3) is 0.174. The number of nitrogens with zero attached hydrogens (tertiary/aromatic N) is 1. The lowest BCUT2D eigenvalue weighted by Crippen LogP contribution is -2.28. The quantitative estimate of drug-likeness (QED) is 0.623. The van der Waals surface area contributed by atoms with Gasteiger partial charge in [0.2, 0.25) is 0 Å². The zero-order valence-corrected chi connectivity index (χ0v) is 17.6. The number of halogens is 1. The third-order valence-corrected chi connectivity index (χ3v) is 6.57. The molecule has 3 rings (SSSR count). The van der Waals surface area contributed by atoms with E-state index in [0.717, 1.165) is 5.56 Å². The van der Waals surface area contributed by atoms with Crippen molar-refractivity contribution in [2.75, 3.05) is 17.9 Å². The number of anilines is 1. The first-order valence-electron chi connectivity index (χ1n) is 9.46. The fourth-order valence-corrected chi connectivity index (χ4v) is 4.21. The average Bonchev–Trinajstić information content (AvgIpc) is 2.75. The van der Waals surface area contributed by atoms with Gasteiger partial charge in [0.25, 0.3) is 15.9 Å². The summed E-state index contributed by atoms with van der Waals surface area (Å²) in [6, 6.07) is 19.4. The molecular formula is C23H23FN2O3S. The number of rotatable bonds is 7. The lowest BCUT2D eigenvalue weighted by molar-refractivity contribution is 0.0954. The molecule has 0 aromatic heterocycles.